The van der Waals surface area contributed by atoms with Crippen molar-refractivity contribution in [3.63, 3.8) is 0 Å². The number of piperazine rings is 1. The number of nitrogens with zero attached hydrogens (tertiary/aromatic N) is 3. The summed E-state index contributed by atoms with van der Waals surface area (Å²) in [6.07, 6.45) is 1.16. The molecule has 9 heteroatoms. The van der Waals surface area contributed by atoms with Crippen LogP contribution in [0.15, 0.2) is 46.2 Å². The zero-order valence-electron chi connectivity index (χ0n) is 14.8. The summed E-state index contributed by atoms with van der Waals surface area (Å²) in [5.41, 5.74) is 1.43. The van der Waals surface area contributed by atoms with Crippen LogP contribution in [0.25, 0.3) is 0 Å². The molecule has 0 bridgehead atoms. The van der Waals surface area contributed by atoms with Gasteiger partial charge in [-0.15, -0.1) is 0 Å². The van der Waals surface area contributed by atoms with Gasteiger partial charge >= 0.3 is 0 Å². The normalized spacial score (nSPS) is 19.4. The molecule has 1 saturated heterocycles. The van der Waals surface area contributed by atoms with Gasteiger partial charge in [0.2, 0.25) is 6.10 Å². The third kappa shape index (κ3) is 3.72. The summed E-state index contributed by atoms with van der Waals surface area (Å²) in [7, 11) is 0. The van der Waals surface area contributed by atoms with E-state index in [1.54, 1.807) is 40.1 Å². The third-order valence-corrected chi connectivity index (χ3v) is 5.55. The number of rotatable bonds is 3. The Kier molecular flexibility index (Phi) is 5.28. The molecular weight excluding hydrogens is 405 g/mol. The molecule has 1 fully saturated rings. The summed E-state index contributed by atoms with van der Waals surface area (Å²) >= 11 is 12.0. The molecule has 0 unspecified atom stereocenters. The maximum Gasteiger partial charge on any atom is 0.289 e. The predicted octanol–water partition coefficient (Wildman–Crippen LogP) is 3.06. The van der Waals surface area contributed by atoms with Gasteiger partial charge in [-0.2, -0.15) is 0 Å². The minimum atomic E-state index is -0.670. The van der Waals surface area contributed by atoms with E-state index in [0.717, 1.165) is 5.56 Å². The monoisotopic (exact) mass is 421 g/mol. The van der Waals surface area contributed by atoms with E-state index in [0.29, 0.717) is 54.1 Å². The second kappa shape index (κ2) is 7.85. The zero-order valence-corrected chi connectivity index (χ0v) is 16.3. The Balaban J connectivity index is 1.33. The number of carbonyl (C=O) groups is 2. The van der Waals surface area contributed by atoms with Gasteiger partial charge in [0.15, 0.2) is 5.76 Å². The maximum absolute atomic E-state index is 12.8. The van der Waals surface area contributed by atoms with Crippen LogP contribution in [0.4, 0.5) is 0 Å². The van der Waals surface area contributed by atoms with Crippen LogP contribution in [0.1, 0.15) is 22.5 Å². The van der Waals surface area contributed by atoms with Gasteiger partial charge in [-0.25, -0.2) is 0 Å². The minimum absolute atomic E-state index is 0.135. The van der Waals surface area contributed by atoms with Gasteiger partial charge in [-0.05, 0) is 24.3 Å². The zero-order chi connectivity index (χ0) is 19.7. The van der Waals surface area contributed by atoms with Gasteiger partial charge in [-0.3, -0.25) is 9.59 Å². The quantitative estimate of drug-likeness (QED) is 0.762. The van der Waals surface area contributed by atoms with Crippen molar-refractivity contribution in [2.24, 2.45) is 5.16 Å². The first-order chi connectivity index (χ1) is 13.5. The van der Waals surface area contributed by atoms with E-state index in [4.69, 9.17) is 32.5 Å². The Labute approximate surface area is 171 Å². The fourth-order valence-electron chi connectivity index (χ4n) is 3.25. The topological polar surface area (TPSA) is 75.4 Å². The van der Waals surface area contributed by atoms with E-state index in [1.165, 1.54) is 6.26 Å². The van der Waals surface area contributed by atoms with Gasteiger partial charge in [0.25, 0.3) is 11.8 Å². The highest BCUT2D eigenvalue weighted by molar-refractivity contribution is 6.42. The lowest BCUT2D eigenvalue weighted by molar-refractivity contribution is -0.143. The smallest absolute Gasteiger partial charge is 0.289 e. The standard InChI is InChI=1S/C19H17Cl2N3O4/c20-13-4-3-12(10-14(13)21)15-11-17(28-22-15)19(26)24-7-5-23(6-8-24)18(25)16-2-1-9-27-16/h1-4,9-10,17H,5-8,11H2/t17-/m1/s1. The van der Waals surface area contributed by atoms with E-state index < -0.39 is 6.10 Å². The largest absolute Gasteiger partial charge is 0.459 e. The molecule has 0 N–H and O–H groups in total. The molecule has 0 saturated carbocycles. The molecule has 2 aliphatic rings. The first-order valence-electron chi connectivity index (χ1n) is 8.82. The number of hydrogen-bond donors (Lipinski definition) is 0. The van der Waals surface area contributed by atoms with Crippen molar-refractivity contribution in [3.05, 3.63) is 58.0 Å². The molecule has 1 atom stereocenters. The van der Waals surface area contributed by atoms with Gasteiger partial charge in [-0.1, -0.05) is 34.4 Å². The van der Waals surface area contributed by atoms with Crippen LogP contribution in [0, 0.1) is 0 Å². The molecule has 0 aliphatic carbocycles. The summed E-state index contributed by atoms with van der Waals surface area (Å²) in [6, 6.07) is 8.50. The molecule has 3 heterocycles. The molecule has 0 radical (unpaired) electrons. The summed E-state index contributed by atoms with van der Waals surface area (Å²) in [5, 5.41) is 4.92. The number of benzene rings is 1. The lowest BCUT2D eigenvalue weighted by atomic mass is 10.0. The fraction of sp³-hybridized carbons (Fsp3) is 0.316. The second-order valence-corrected chi connectivity index (χ2v) is 7.37. The first-order valence-corrected chi connectivity index (χ1v) is 9.58. The second-order valence-electron chi connectivity index (χ2n) is 6.56. The third-order valence-electron chi connectivity index (χ3n) is 4.81. The average Bonchev–Trinajstić information content (AvgIpc) is 3.41. The van der Waals surface area contributed by atoms with E-state index in [-0.39, 0.29) is 11.8 Å². The van der Waals surface area contributed by atoms with Crippen LogP contribution < -0.4 is 0 Å². The van der Waals surface area contributed by atoms with E-state index in [2.05, 4.69) is 5.16 Å². The number of amides is 2. The number of furan rings is 1. The molecule has 2 aliphatic heterocycles. The molecule has 1 aromatic carbocycles. The molecule has 7 nitrogen and oxygen atoms in total. The molecular formula is C19H17Cl2N3O4. The average molecular weight is 422 g/mol. The van der Waals surface area contributed by atoms with E-state index in [1.807, 2.05) is 0 Å². The van der Waals surface area contributed by atoms with Crippen molar-refractivity contribution in [3.8, 4) is 0 Å². The summed E-state index contributed by atoms with van der Waals surface area (Å²) in [6.45, 7) is 1.76. The van der Waals surface area contributed by atoms with Crippen LogP contribution in [0.2, 0.25) is 10.0 Å². The Morgan fingerprint density at radius 1 is 1.04 bits per heavy atom. The molecule has 2 aromatic rings. The summed E-state index contributed by atoms with van der Waals surface area (Å²) in [4.78, 5) is 33.8. The van der Waals surface area contributed by atoms with Crippen molar-refractivity contribution >= 4 is 40.7 Å². The molecule has 146 valence electrons. The van der Waals surface area contributed by atoms with Crippen LogP contribution in [-0.4, -0.2) is 59.6 Å². The van der Waals surface area contributed by atoms with Crippen molar-refractivity contribution < 1.29 is 18.8 Å². The van der Waals surface area contributed by atoms with Gasteiger partial charge in [0.1, 0.15) is 0 Å². The van der Waals surface area contributed by atoms with Crippen molar-refractivity contribution in [2.75, 3.05) is 26.2 Å². The van der Waals surface area contributed by atoms with E-state index in [9.17, 15) is 9.59 Å². The molecule has 0 spiro atoms. The Morgan fingerprint density at radius 2 is 1.79 bits per heavy atom. The van der Waals surface area contributed by atoms with Crippen LogP contribution >= 0.6 is 23.2 Å². The number of halogens is 2. The highest BCUT2D eigenvalue weighted by Crippen LogP contribution is 2.26. The van der Waals surface area contributed by atoms with Gasteiger partial charge in [0, 0.05) is 38.2 Å². The highest BCUT2D eigenvalue weighted by Gasteiger charge is 2.35. The predicted molar refractivity (Wildman–Crippen MR) is 104 cm³/mol. The SMILES string of the molecule is O=C(c1ccco1)N1CCN(C(=O)[C@H]2CC(c3ccc(Cl)c(Cl)c3)=NO2)CC1. The summed E-state index contributed by atoms with van der Waals surface area (Å²) in [5.74, 6) is 0.00179. The molecule has 1 aromatic heterocycles. The number of carbonyl (C=O) groups excluding carboxylic acids is 2. The van der Waals surface area contributed by atoms with Crippen molar-refractivity contribution in [1.82, 2.24) is 9.80 Å². The Morgan fingerprint density at radius 3 is 2.46 bits per heavy atom. The van der Waals surface area contributed by atoms with Gasteiger partial charge < -0.3 is 19.1 Å². The van der Waals surface area contributed by atoms with Gasteiger partial charge in [0.05, 0.1) is 22.0 Å². The Bertz CT molecular complexity index is 921. The number of hydrogen-bond acceptors (Lipinski definition) is 5. The molecule has 4 rings (SSSR count). The first kappa shape index (κ1) is 18.8. The highest BCUT2D eigenvalue weighted by atomic mass is 35.5. The minimum Gasteiger partial charge on any atom is -0.459 e. The lowest BCUT2D eigenvalue weighted by Gasteiger charge is -2.35. The summed E-state index contributed by atoms with van der Waals surface area (Å²) < 4.78 is 5.15. The van der Waals surface area contributed by atoms with Crippen LogP contribution in [0.5, 0.6) is 0 Å². The van der Waals surface area contributed by atoms with Crippen molar-refractivity contribution in [2.45, 2.75) is 12.5 Å². The Hall–Kier alpha value is -2.51. The van der Waals surface area contributed by atoms with Crippen LogP contribution in [-0.2, 0) is 9.63 Å². The molecule has 2 amide bonds. The molecule has 28 heavy (non-hydrogen) atoms. The number of oxime groups is 1. The van der Waals surface area contributed by atoms with E-state index >= 15 is 0 Å². The van der Waals surface area contributed by atoms with Crippen molar-refractivity contribution in [1.29, 1.82) is 0 Å². The maximum atomic E-state index is 12.8. The lowest BCUT2D eigenvalue weighted by Crippen LogP contribution is -2.52. The fourth-order valence-corrected chi connectivity index (χ4v) is 3.54. The van der Waals surface area contributed by atoms with Crippen LogP contribution in [0.3, 0.4) is 0 Å².